The summed E-state index contributed by atoms with van der Waals surface area (Å²) in [5.74, 6) is -0.0613. The predicted molar refractivity (Wildman–Crippen MR) is 76.0 cm³/mol. The summed E-state index contributed by atoms with van der Waals surface area (Å²) in [5, 5.41) is 12.3. The van der Waals surface area contributed by atoms with Gasteiger partial charge in [-0.3, -0.25) is 9.78 Å². The summed E-state index contributed by atoms with van der Waals surface area (Å²) in [4.78, 5) is 17.7. The second-order valence-electron chi connectivity index (χ2n) is 4.76. The van der Waals surface area contributed by atoms with Crippen LogP contribution in [0.2, 0.25) is 0 Å². The molecule has 1 aromatic rings. The fourth-order valence-corrected chi connectivity index (χ4v) is 1.88. The monoisotopic (exact) mass is 265 g/mol. The van der Waals surface area contributed by atoms with Crippen molar-refractivity contribution in [1.29, 1.82) is 0 Å². The number of carbonyl (C=O) groups is 1. The summed E-state index contributed by atoms with van der Waals surface area (Å²) < 4.78 is 0. The smallest absolute Gasteiger partial charge is 0.224 e. The molecule has 1 aromatic heterocycles. The minimum atomic E-state index is -0.510. The summed E-state index contributed by atoms with van der Waals surface area (Å²) in [5.41, 5.74) is 1.61. The Hall–Kier alpha value is -1.62. The van der Waals surface area contributed by atoms with E-state index < -0.39 is 6.10 Å². The Morgan fingerprint density at radius 2 is 2.21 bits per heavy atom. The average Bonchev–Trinajstić information content (AvgIpc) is 2.45. The van der Waals surface area contributed by atoms with E-state index in [1.165, 1.54) is 0 Å². The first-order valence-corrected chi connectivity index (χ1v) is 6.56. The lowest BCUT2D eigenvalue weighted by Crippen LogP contribution is -2.34. The number of pyridine rings is 1. The number of nitrogens with zero attached hydrogens (tertiary/aromatic N) is 2. The quantitative estimate of drug-likeness (QED) is 0.814. The Morgan fingerprint density at radius 1 is 1.53 bits per heavy atom. The highest BCUT2D eigenvalue weighted by atomic mass is 16.3. The molecule has 1 heterocycles. The van der Waals surface area contributed by atoms with Gasteiger partial charge < -0.3 is 15.3 Å². The van der Waals surface area contributed by atoms with Gasteiger partial charge in [0.05, 0.1) is 29.6 Å². The highest BCUT2D eigenvalue weighted by Gasteiger charge is 2.14. The molecule has 0 radical (unpaired) electrons. The molecule has 1 rings (SSSR count). The lowest BCUT2D eigenvalue weighted by atomic mass is 10.1. The van der Waals surface area contributed by atoms with Crippen molar-refractivity contribution in [2.75, 3.05) is 25.5 Å². The molecule has 2 N–H and O–H groups in total. The van der Waals surface area contributed by atoms with E-state index in [0.29, 0.717) is 18.7 Å². The van der Waals surface area contributed by atoms with Crippen LogP contribution >= 0.6 is 0 Å². The summed E-state index contributed by atoms with van der Waals surface area (Å²) in [6.07, 6.45) is 1.87. The van der Waals surface area contributed by atoms with Crippen LogP contribution in [0.15, 0.2) is 18.3 Å². The van der Waals surface area contributed by atoms with Crippen LogP contribution in [0.25, 0.3) is 0 Å². The van der Waals surface area contributed by atoms with E-state index in [4.69, 9.17) is 0 Å². The third-order valence-corrected chi connectivity index (χ3v) is 3.18. The largest absolute Gasteiger partial charge is 0.387 e. The van der Waals surface area contributed by atoms with Gasteiger partial charge >= 0.3 is 0 Å². The molecule has 0 saturated heterocycles. The number of anilines is 1. The molecule has 1 amide bonds. The Morgan fingerprint density at radius 3 is 2.68 bits per heavy atom. The van der Waals surface area contributed by atoms with Crippen LogP contribution in [0.4, 0.5) is 5.69 Å². The molecular weight excluding hydrogens is 242 g/mol. The van der Waals surface area contributed by atoms with Crippen molar-refractivity contribution in [3.8, 4) is 0 Å². The van der Waals surface area contributed by atoms with Gasteiger partial charge in [-0.25, -0.2) is 0 Å². The average molecular weight is 265 g/mol. The van der Waals surface area contributed by atoms with Crippen molar-refractivity contribution in [2.45, 2.75) is 26.4 Å². The minimum absolute atomic E-state index is 0.0258. The van der Waals surface area contributed by atoms with Gasteiger partial charge in [-0.2, -0.15) is 0 Å². The maximum absolute atomic E-state index is 11.5. The standard InChI is InChI=1S/C14H23N3O2/c1-5-13(18)12-7-6-11(8-16-12)17(4)9-10(2)14(19)15-3/h6-8,10,13,18H,5,9H2,1-4H3,(H,15,19). The molecule has 5 heteroatoms. The molecule has 0 aliphatic heterocycles. The Kier molecular flexibility index (Phi) is 5.76. The second-order valence-corrected chi connectivity index (χ2v) is 4.76. The van der Waals surface area contributed by atoms with Gasteiger partial charge in [0.25, 0.3) is 0 Å². The number of aromatic nitrogens is 1. The fourth-order valence-electron chi connectivity index (χ4n) is 1.88. The van der Waals surface area contributed by atoms with Crippen LogP contribution in [-0.4, -0.2) is 36.6 Å². The number of aliphatic hydroxyl groups is 1. The number of hydrogen-bond donors (Lipinski definition) is 2. The Balaban J connectivity index is 2.67. The van der Waals surface area contributed by atoms with Crippen molar-refractivity contribution in [3.63, 3.8) is 0 Å². The molecule has 0 bridgehead atoms. The van der Waals surface area contributed by atoms with Crippen LogP contribution < -0.4 is 10.2 Å². The van der Waals surface area contributed by atoms with Gasteiger partial charge in [0.1, 0.15) is 0 Å². The lowest BCUT2D eigenvalue weighted by Gasteiger charge is -2.22. The molecule has 19 heavy (non-hydrogen) atoms. The highest BCUT2D eigenvalue weighted by Crippen LogP contribution is 2.18. The van der Waals surface area contributed by atoms with Gasteiger partial charge in [0, 0.05) is 20.6 Å². The summed E-state index contributed by atoms with van der Waals surface area (Å²) in [7, 11) is 3.56. The fraction of sp³-hybridized carbons (Fsp3) is 0.571. The Bertz CT molecular complexity index is 406. The molecule has 0 aliphatic carbocycles. The summed E-state index contributed by atoms with van der Waals surface area (Å²) >= 11 is 0. The zero-order valence-corrected chi connectivity index (χ0v) is 12.1. The zero-order valence-electron chi connectivity index (χ0n) is 12.1. The third kappa shape index (κ3) is 4.21. The van der Waals surface area contributed by atoms with Gasteiger partial charge in [-0.05, 0) is 18.6 Å². The Labute approximate surface area is 114 Å². The minimum Gasteiger partial charge on any atom is -0.387 e. The zero-order chi connectivity index (χ0) is 14.4. The first-order valence-electron chi connectivity index (χ1n) is 6.56. The van der Waals surface area contributed by atoms with Crippen molar-refractivity contribution < 1.29 is 9.90 Å². The molecule has 0 aromatic carbocycles. The summed E-state index contributed by atoms with van der Waals surface area (Å²) in [6.45, 7) is 4.42. The maximum Gasteiger partial charge on any atom is 0.224 e. The first kappa shape index (κ1) is 15.4. The third-order valence-electron chi connectivity index (χ3n) is 3.18. The van der Waals surface area contributed by atoms with Crippen LogP contribution in [0, 0.1) is 5.92 Å². The normalized spacial score (nSPS) is 13.7. The topological polar surface area (TPSA) is 65.5 Å². The lowest BCUT2D eigenvalue weighted by molar-refractivity contribution is -0.123. The van der Waals surface area contributed by atoms with E-state index in [1.54, 1.807) is 13.2 Å². The van der Waals surface area contributed by atoms with Crippen molar-refractivity contribution in [3.05, 3.63) is 24.0 Å². The number of amides is 1. The van der Waals surface area contributed by atoms with Crippen LogP contribution in [0.1, 0.15) is 32.1 Å². The number of hydrogen-bond acceptors (Lipinski definition) is 4. The maximum atomic E-state index is 11.5. The number of aliphatic hydroxyl groups excluding tert-OH is 1. The molecule has 0 saturated carbocycles. The SMILES string of the molecule is CCC(O)c1ccc(N(C)CC(C)C(=O)NC)cn1. The van der Waals surface area contributed by atoms with Crippen molar-refractivity contribution in [2.24, 2.45) is 5.92 Å². The molecule has 2 unspecified atom stereocenters. The summed E-state index contributed by atoms with van der Waals surface area (Å²) in [6, 6.07) is 3.74. The highest BCUT2D eigenvalue weighted by molar-refractivity contribution is 5.78. The molecule has 0 spiro atoms. The number of rotatable bonds is 6. The molecule has 0 aliphatic rings. The second kappa shape index (κ2) is 7.09. The molecule has 2 atom stereocenters. The molecule has 5 nitrogen and oxygen atoms in total. The number of nitrogens with one attached hydrogen (secondary N) is 1. The van der Waals surface area contributed by atoms with Crippen LogP contribution in [-0.2, 0) is 4.79 Å². The van der Waals surface area contributed by atoms with Gasteiger partial charge in [0.2, 0.25) is 5.91 Å². The van der Waals surface area contributed by atoms with Gasteiger partial charge in [0.15, 0.2) is 0 Å². The molecular formula is C14H23N3O2. The van der Waals surface area contributed by atoms with Gasteiger partial charge in [-0.1, -0.05) is 13.8 Å². The van der Waals surface area contributed by atoms with E-state index in [0.717, 1.165) is 5.69 Å². The molecule has 106 valence electrons. The number of carbonyl (C=O) groups excluding carboxylic acids is 1. The van der Waals surface area contributed by atoms with E-state index in [9.17, 15) is 9.90 Å². The van der Waals surface area contributed by atoms with Crippen LogP contribution in [0.3, 0.4) is 0 Å². The van der Waals surface area contributed by atoms with Crippen molar-refractivity contribution in [1.82, 2.24) is 10.3 Å². The van der Waals surface area contributed by atoms with E-state index in [2.05, 4.69) is 10.3 Å². The van der Waals surface area contributed by atoms with Gasteiger partial charge in [-0.15, -0.1) is 0 Å². The van der Waals surface area contributed by atoms with Crippen LogP contribution in [0.5, 0.6) is 0 Å². The van der Waals surface area contributed by atoms with Crippen molar-refractivity contribution >= 4 is 11.6 Å². The van der Waals surface area contributed by atoms with E-state index in [1.807, 2.05) is 37.9 Å². The predicted octanol–water partition coefficient (Wildman–Crippen LogP) is 1.34. The van der Waals surface area contributed by atoms with E-state index >= 15 is 0 Å². The molecule has 0 fully saturated rings. The first-order chi connectivity index (χ1) is 8.99. The van der Waals surface area contributed by atoms with E-state index in [-0.39, 0.29) is 11.8 Å².